The molecule has 0 saturated heterocycles. The van der Waals surface area contributed by atoms with Crippen molar-refractivity contribution in [1.82, 2.24) is 5.32 Å². The molecule has 1 rings (SSSR count). The van der Waals surface area contributed by atoms with Crippen molar-refractivity contribution in [3.05, 3.63) is 35.9 Å². The average Bonchev–Trinajstić information content (AvgIpc) is 2.34. The summed E-state index contributed by atoms with van der Waals surface area (Å²) < 4.78 is 5.08. The molecule has 1 amide bonds. The van der Waals surface area contributed by atoms with Gasteiger partial charge in [-0.2, -0.15) is 0 Å². The van der Waals surface area contributed by atoms with Gasteiger partial charge in [0.05, 0.1) is 7.11 Å². The van der Waals surface area contributed by atoms with Crippen molar-refractivity contribution >= 4 is 12.0 Å². The van der Waals surface area contributed by atoms with E-state index in [2.05, 4.69) is 5.32 Å². The minimum absolute atomic E-state index is 0.145. The number of methoxy groups -OCH3 is 1. The van der Waals surface area contributed by atoms with Gasteiger partial charge in [0.1, 0.15) is 5.75 Å². The number of hydrogen-bond donors (Lipinski definition) is 2. The maximum atomic E-state index is 11.2. The van der Waals surface area contributed by atoms with Crippen LogP contribution in [0.25, 0.3) is 6.08 Å². The highest BCUT2D eigenvalue weighted by Crippen LogP contribution is 2.13. The summed E-state index contributed by atoms with van der Waals surface area (Å²) in [7, 11) is 1.61. The molecule has 0 aromatic heterocycles. The minimum Gasteiger partial charge on any atom is -0.497 e. The minimum atomic E-state index is -0.145. The molecule has 0 fully saturated rings. The molecule has 0 saturated carbocycles. The van der Waals surface area contributed by atoms with E-state index in [9.17, 15) is 4.79 Å². The molecule has 0 aliphatic carbocycles. The molecule has 4 nitrogen and oxygen atoms in total. The van der Waals surface area contributed by atoms with Crippen LogP contribution in [0.2, 0.25) is 0 Å². The van der Waals surface area contributed by atoms with Gasteiger partial charge in [0.2, 0.25) is 5.91 Å². The largest absolute Gasteiger partial charge is 0.497 e. The smallest absolute Gasteiger partial charge is 0.244 e. The predicted octanol–water partition coefficient (Wildman–Crippen LogP) is 0.783. The molecule has 0 radical (unpaired) electrons. The van der Waals surface area contributed by atoms with E-state index in [0.29, 0.717) is 13.1 Å². The fraction of sp³-hybridized carbons (Fsp3) is 0.250. The lowest BCUT2D eigenvalue weighted by atomic mass is 10.2. The number of ether oxygens (including phenoxy) is 1. The molecular weight excluding hydrogens is 204 g/mol. The van der Waals surface area contributed by atoms with E-state index in [1.54, 1.807) is 13.2 Å². The van der Waals surface area contributed by atoms with Crippen molar-refractivity contribution in [2.24, 2.45) is 5.73 Å². The number of carbonyl (C=O) groups excluding carboxylic acids is 1. The SMILES string of the molecule is COc1cccc(/C=C/C(=O)NCCN)c1. The normalized spacial score (nSPS) is 10.4. The summed E-state index contributed by atoms with van der Waals surface area (Å²) in [5.41, 5.74) is 6.19. The van der Waals surface area contributed by atoms with Crippen LogP contribution in [0.1, 0.15) is 5.56 Å². The lowest BCUT2D eigenvalue weighted by molar-refractivity contribution is -0.116. The quantitative estimate of drug-likeness (QED) is 0.721. The number of hydrogen-bond acceptors (Lipinski definition) is 3. The monoisotopic (exact) mass is 220 g/mol. The zero-order chi connectivity index (χ0) is 11.8. The first-order valence-electron chi connectivity index (χ1n) is 5.06. The Hall–Kier alpha value is -1.81. The van der Waals surface area contributed by atoms with E-state index in [0.717, 1.165) is 11.3 Å². The number of nitrogens with one attached hydrogen (secondary N) is 1. The fourth-order valence-electron chi connectivity index (χ4n) is 1.17. The topological polar surface area (TPSA) is 64.3 Å². The molecule has 0 atom stereocenters. The van der Waals surface area contributed by atoms with Crippen LogP contribution in [-0.2, 0) is 4.79 Å². The van der Waals surface area contributed by atoms with Gasteiger partial charge in [-0.1, -0.05) is 12.1 Å². The highest BCUT2D eigenvalue weighted by molar-refractivity contribution is 5.91. The first-order valence-corrected chi connectivity index (χ1v) is 5.06. The van der Waals surface area contributed by atoms with Crippen LogP contribution in [0.4, 0.5) is 0 Å². The number of carbonyl (C=O) groups is 1. The molecule has 0 heterocycles. The van der Waals surface area contributed by atoms with E-state index in [4.69, 9.17) is 10.5 Å². The number of nitrogens with two attached hydrogens (primary N) is 1. The Kier molecular flexibility index (Phi) is 5.08. The third-order valence-corrected chi connectivity index (χ3v) is 1.96. The summed E-state index contributed by atoms with van der Waals surface area (Å²) in [6.07, 6.45) is 3.21. The second kappa shape index (κ2) is 6.63. The van der Waals surface area contributed by atoms with Gasteiger partial charge in [-0.3, -0.25) is 4.79 Å². The zero-order valence-corrected chi connectivity index (χ0v) is 9.27. The average molecular weight is 220 g/mol. The Bertz CT molecular complexity index is 375. The van der Waals surface area contributed by atoms with Gasteiger partial charge < -0.3 is 15.8 Å². The van der Waals surface area contributed by atoms with Crippen LogP contribution in [0, 0.1) is 0 Å². The third-order valence-electron chi connectivity index (χ3n) is 1.96. The van der Waals surface area contributed by atoms with Crippen LogP contribution in [0.5, 0.6) is 5.75 Å². The molecule has 1 aromatic rings. The van der Waals surface area contributed by atoms with Crippen molar-refractivity contribution in [3.8, 4) is 5.75 Å². The molecular formula is C12H16N2O2. The maximum absolute atomic E-state index is 11.2. The van der Waals surface area contributed by atoms with E-state index >= 15 is 0 Å². The van der Waals surface area contributed by atoms with Crippen LogP contribution in [0.15, 0.2) is 30.3 Å². The van der Waals surface area contributed by atoms with Crippen LogP contribution >= 0.6 is 0 Å². The molecule has 0 aliphatic heterocycles. The summed E-state index contributed by atoms with van der Waals surface area (Å²) in [5.74, 6) is 0.623. The summed E-state index contributed by atoms with van der Waals surface area (Å²) in [6.45, 7) is 0.931. The first-order chi connectivity index (χ1) is 7.76. The fourth-order valence-corrected chi connectivity index (χ4v) is 1.17. The van der Waals surface area contributed by atoms with Gasteiger partial charge in [-0.25, -0.2) is 0 Å². The molecule has 16 heavy (non-hydrogen) atoms. The Balaban J connectivity index is 2.58. The molecule has 0 bridgehead atoms. The zero-order valence-electron chi connectivity index (χ0n) is 9.27. The molecule has 0 spiro atoms. The molecule has 0 aliphatic rings. The Morgan fingerprint density at radius 1 is 1.56 bits per heavy atom. The summed E-state index contributed by atoms with van der Waals surface area (Å²) in [6, 6.07) is 7.48. The summed E-state index contributed by atoms with van der Waals surface area (Å²) >= 11 is 0. The number of benzene rings is 1. The van der Waals surface area contributed by atoms with Gasteiger partial charge in [0.15, 0.2) is 0 Å². The van der Waals surface area contributed by atoms with Gasteiger partial charge in [-0.05, 0) is 23.8 Å². The van der Waals surface area contributed by atoms with Crippen molar-refractivity contribution in [2.45, 2.75) is 0 Å². The molecule has 4 heteroatoms. The molecule has 86 valence electrons. The van der Waals surface area contributed by atoms with Crippen molar-refractivity contribution in [3.63, 3.8) is 0 Å². The van der Waals surface area contributed by atoms with E-state index < -0.39 is 0 Å². The van der Waals surface area contributed by atoms with Crippen molar-refractivity contribution < 1.29 is 9.53 Å². The van der Waals surface area contributed by atoms with E-state index in [1.165, 1.54) is 6.08 Å². The van der Waals surface area contributed by atoms with Crippen molar-refractivity contribution in [2.75, 3.05) is 20.2 Å². The van der Waals surface area contributed by atoms with Gasteiger partial charge in [0, 0.05) is 19.2 Å². The first kappa shape index (κ1) is 12.3. The molecule has 0 unspecified atom stereocenters. The van der Waals surface area contributed by atoms with Crippen molar-refractivity contribution in [1.29, 1.82) is 0 Å². The van der Waals surface area contributed by atoms with E-state index in [-0.39, 0.29) is 5.91 Å². The number of amides is 1. The second-order valence-electron chi connectivity index (χ2n) is 3.19. The van der Waals surface area contributed by atoms with Gasteiger partial charge in [-0.15, -0.1) is 0 Å². The molecule has 3 N–H and O–H groups in total. The lowest BCUT2D eigenvalue weighted by Crippen LogP contribution is -2.27. The van der Waals surface area contributed by atoms with Crippen LogP contribution < -0.4 is 15.8 Å². The second-order valence-corrected chi connectivity index (χ2v) is 3.19. The van der Waals surface area contributed by atoms with Gasteiger partial charge in [0.25, 0.3) is 0 Å². The Morgan fingerprint density at radius 3 is 3.06 bits per heavy atom. The summed E-state index contributed by atoms with van der Waals surface area (Å²) in [4.78, 5) is 11.2. The number of rotatable bonds is 5. The Labute approximate surface area is 95.1 Å². The third kappa shape index (κ3) is 4.14. The highest BCUT2D eigenvalue weighted by atomic mass is 16.5. The Morgan fingerprint density at radius 2 is 2.38 bits per heavy atom. The molecule has 1 aromatic carbocycles. The van der Waals surface area contributed by atoms with Crippen LogP contribution in [0.3, 0.4) is 0 Å². The highest BCUT2D eigenvalue weighted by Gasteiger charge is 1.94. The summed E-state index contributed by atoms with van der Waals surface area (Å²) in [5, 5.41) is 2.65. The predicted molar refractivity (Wildman–Crippen MR) is 64.1 cm³/mol. The maximum Gasteiger partial charge on any atom is 0.244 e. The lowest BCUT2D eigenvalue weighted by Gasteiger charge is -2.00. The van der Waals surface area contributed by atoms with E-state index in [1.807, 2.05) is 24.3 Å². The van der Waals surface area contributed by atoms with Crippen LogP contribution in [-0.4, -0.2) is 26.1 Å². The van der Waals surface area contributed by atoms with Gasteiger partial charge >= 0.3 is 0 Å². The standard InChI is InChI=1S/C12H16N2O2/c1-16-11-4-2-3-10(9-11)5-6-12(15)14-8-7-13/h2-6,9H,7-8,13H2,1H3,(H,14,15)/b6-5+.